The summed E-state index contributed by atoms with van der Waals surface area (Å²) in [4.78, 5) is 21.4. The molecule has 5 aromatic rings. The predicted octanol–water partition coefficient (Wildman–Crippen LogP) is 8.77. The number of benzene rings is 4. The van der Waals surface area contributed by atoms with Crippen LogP contribution in [0.1, 0.15) is 21.5 Å². The fraction of sp³-hybridized carbons (Fsp3) is 0.118. The smallest absolute Gasteiger partial charge is 0.261 e. The second-order valence-electron chi connectivity index (χ2n) is 9.54. The first kappa shape index (κ1) is 29.9. The molecule has 1 N–H and O–H groups in total. The number of carbonyl (C=O) groups excluding carboxylic acids is 1. The van der Waals surface area contributed by atoms with Crippen LogP contribution in [0.25, 0.3) is 11.3 Å². The molecule has 8 heteroatoms. The highest BCUT2D eigenvalue weighted by molar-refractivity contribution is 7.99. The third-order valence-corrected chi connectivity index (χ3v) is 8.70. The Kier molecular flexibility index (Phi) is 10.7. The molecule has 0 aliphatic carbocycles. The molecule has 4 aromatic carbocycles. The van der Waals surface area contributed by atoms with Crippen molar-refractivity contribution < 1.29 is 9.18 Å². The summed E-state index contributed by atoms with van der Waals surface area (Å²) in [6, 6.07) is 36.2. The average Bonchev–Trinajstić information content (AvgIpc) is 3.03. The summed E-state index contributed by atoms with van der Waals surface area (Å²) in [5.41, 5.74) is 4.00. The van der Waals surface area contributed by atoms with Gasteiger partial charge in [-0.05, 0) is 78.2 Å². The zero-order chi connectivity index (χ0) is 29.1. The van der Waals surface area contributed by atoms with Crippen LogP contribution in [0.3, 0.4) is 0 Å². The molecule has 42 heavy (non-hydrogen) atoms. The van der Waals surface area contributed by atoms with Gasteiger partial charge in [-0.1, -0.05) is 66.2 Å². The van der Waals surface area contributed by atoms with Crippen molar-refractivity contribution in [3.8, 4) is 11.3 Å². The van der Waals surface area contributed by atoms with E-state index in [1.165, 1.54) is 22.9 Å². The van der Waals surface area contributed by atoms with E-state index in [0.717, 1.165) is 34.0 Å². The summed E-state index contributed by atoms with van der Waals surface area (Å²) < 4.78 is 17.5. The highest BCUT2D eigenvalue weighted by Crippen LogP contribution is 2.24. The fourth-order valence-electron chi connectivity index (χ4n) is 4.34. The van der Waals surface area contributed by atoms with Crippen molar-refractivity contribution in [3.05, 3.63) is 149 Å². The number of hydrogen-bond donors (Lipinski definition) is 1. The molecule has 0 spiro atoms. The Bertz CT molecular complexity index is 1570. The molecule has 0 aliphatic rings. The molecular weight excluding hydrogens is 585 g/mol. The normalized spacial score (nSPS) is 11.0. The van der Waals surface area contributed by atoms with Crippen molar-refractivity contribution in [2.75, 3.05) is 12.3 Å². The van der Waals surface area contributed by atoms with Gasteiger partial charge in [0.05, 0.1) is 5.69 Å². The van der Waals surface area contributed by atoms with Gasteiger partial charge in [0.1, 0.15) is 5.82 Å². The summed E-state index contributed by atoms with van der Waals surface area (Å²) in [5.74, 6) is 0.399. The number of aromatic nitrogens is 1. The average molecular weight is 614 g/mol. The van der Waals surface area contributed by atoms with Crippen molar-refractivity contribution in [2.45, 2.75) is 22.9 Å². The van der Waals surface area contributed by atoms with Gasteiger partial charge >= 0.3 is 0 Å². The molecule has 5 rings (SSSR count). The monoisotopic (exact) mass is 613 g/mol. The van der Waals surface area contributed by atoms with Crippen LogP contribution in [0.4, 0.5) is 4.39 Å². The number of rotatable bonds is 12. The molecule has 0 saturated carbocycles. The number of nitrogens with one attached hydrogen (secondary N) is 1. The van der Waals surface area contributed by atoms with Crippen LogP contribution in [0.5, 0.6) is 0 Å². The van der Waals surface area contributed by atoms with Crippen LogP contribution in [0.15, 0.2) is 131 Å². The number of carbonyl (C=O) groups is 1. The van der Waals surface area contributed by atoms with Crippen molar-refractivity contribution in [3.63, 3.8) is 0 Å². The lowest BCUT2D eigenvalue weighted by Gasteiger charge is -2.23. The van der Waals surface area contributed by atoms with Crippen molar-refractivity contribution in [2.24, 2.45) is 0 Å². The van der Waals surface area contributed by atoms with E-state index in [2.05, 4.69) is 26.7 Å². The molecule has 4 nitrogen and oxygen atoms in total. The zero-order valence-corrected chi connectivity index (χ0v) is 25.1. The summed E-state index contributed by atoms with van der Waals surface area (Å²) in [6.45, 7) is 1.81. The lowest BCUT2D eigenvalue weighted by atomic mass is 10.1. The maximum Gasteiger partial charge on any atom is 0.261 e. The van der Waals surface area contributed by atoms with Crippen molar-refractivity contribution >= 4 is 41.2 Å². The number of amides is 1. The number of halogens is 2. The van der Waals surface area contributed by atoms with Gasteiger partial charge in [0.25, 0.3) is 5.91 Å². The number of nitrogens with zero attached hydrogens (tertiary/aromatic N) is 2. The Morgan fingerprint density at radius 3 is 2.29 bits per heavy atom. The van der Waals surface area contributed by atoms with Gasteiger partial charge in [-0.2, -0.15) is 0 Å². The van der Waals surface area contributed by atoms with Crippen molar-refractivity contribution in [1.29, 1.82) is 0 Å². The molecule has 0 saturated heterocycles. The van der Waals surface area contributed by atoms with Gasteiger partial charge < -0.3 is 0 Å². The second-order valence-corrected chi connectivity index (χ2v) is 12.0. The first-order valence-electron chi connectivity index (χ1n) is 13.5. The third-order valence-electron chi connectivity index (χ3n) is 6.56. The van der Waals surface area contributed by atoms with Crippen LogP contribution in [0.2, 0.25) is 5.02 Å². The maximum absolute atomic E-state index is 14.6. The largest absolute Gasteiger partial charge is 0.294 e. The third kappa shape index (κ3) is 8.46. The summed E-state index contributed by atoms with van der Waals surface area (Å²) in [7, 11) is 0. The maximum atomic E-state index is 14.6. The van der Waals surface area contributed by atoms with Gasteiger partial charge in [-0.15, -0.1) is 11.8 Å². The van der Waals surface area contributed by atoms with E-state index >= 15 is 0 Å². The Morgan fingerprint density at radius 1 is 0.810 bits per heavy atom. The lowest BCUT2D eigenvalue weighted by molar-refractivity contribution is 0.0984. The molecular formula is C34H29ClFN3OS2. The summed E-state index contributed by atoms with van der Waals surface area (Å²) in [5, 5.41) is 0.435. The Balaban J connectivity index is 1.18. The van der Waals surface area contributed by atoms with Crippen LogP contribution in [-0.2, 0) is 13.1 Å². The fourth-order valence-corrected chi connectivity index (χ4v) is 6.10. The van der Waals surface area contributed by atoms with E-state index in [1.54, 1.807) is 42.2 Å². The SMILES string of the molecule is O=C(NSc1ccc(CN(CCSc2ccccc2)Cc2c(F)cccc2Cl)cc1)c1ccc(-c2ccccn2)cc1. The van der Waals surface area contributed by atoms with E-state index in [-0.39, 0.29) is 11.7 Å². The van der Waals surface area contributed by atoms with E-state index in [0.29, 0.717) is 29.2 Å². The molecule has 0 fully saturated rings. The minimum atomic E-state index is -0.294. The van der Waals surface area contributed by atoms with Gasteiger partial charge in [0.2, 0.25) is 0 Å². The van der Waals surface area contributed by atoms with E-state index < -0.39 is 0 Å². The highest BCUT2D eigenvalue weighted by atomic mass is 35.5. The topological polar surface area (TPSA) is 45.2 Å². The molecule has 0 radical (unpaired) electrons. The molecule has 1 aromatic heterocycles. The van der Waals surface area contributed by atoms with Gasteiger partial charge in [-0.3, -0.25) is 19.4 Å². The molecule has 0 bridgehead atoms. The first-order valence-corrected chi connectivity index (χ1v) is 15.6. The second kappa shape index (κ2) is 15.0. The van der Waals surface area contributed by atoms with Crippen LogP contribution < -0.4 is 4.72 Å². The minimum Gasteiger partial charge on any atom is -0.294 e. The Morgan fingerprint density at radius 2 is 1.57 bits per heavy atom. The predicted molar refractivity (Wildman–Crippen MR) is 172 cm³/mol. The standard InChI is InChI=1S/C34H29ClFN3OS2/c35-31-9-6-10-32(36)30(31)24-39(21-22-41-28-7-2-1-3-8-28)23-25-12-18-29(19-13-25)42-38-34(40)27-16-14-26(15-17-27)33-11-4-5-20-37-33/h1-20H,21-24H2,(H,38,40). The zero-order valence-electron chi connectivity index (χ0n) is 22.8. The molecule has 1 heterocycles. The molecule has 0 aliphatic heterocycles. The van der Waals surface area contributed by atoms with Gasteiger partial charge in [-0.25, -0.2) is 4.39 Å². The Labute approximate surface area is 259 Å². The summed E-state index contributed by atoms with van der Waals surface area (Å²) in [6.07, 6.45) is 1.75. The van der Waals surface area contributed by atoms with Crippen LogP contribution in [-0.4, -0.2) is 28.1 Å². The summed E-state index contributed by atoms with van der Waals surface area (Å²) >= 11 is 9.40. The highest BCUT2D eigenvalue weighted by Gasteiger charge is 2.14. The van der Waals surface area contributed by atoms with Gasteiger partial charge in [0.15, 0.2) is 0 Å². The Hall–Kier alpha value is -3.62. The molecule has 0 atom stereocenters. The first-order chi connectivity index (χ1) is 20.5. The van der Waals surface area contributed by atoms with Crippen LogP contribution >= 0.6 is 35.3 Å². The van der Waals surface area contributed by atoms with Gasteiger partial charge in [0, 0.05) is 63.1 Å². The molecule has 0 unspecified atom stereocenters. The molecule has 212 valence electrons. The number of pyridine rings is 1. The minimum absolute atomic E-state index is 0.166. The van der Waals surface area contributed by atoms with E-state index in [4.69, 9.17) is 11.6 Å². The quantitative estimate of drug-likeness (QED) is 0.113. The van der Waals surface area contributed by atoms with Crippen molar-refractivity contribution in [1.82, 2.24) is 14.6 Å². The number of hydrogen-bond acceptors (Lipinski definition) is 5. The molecule has 1 amide bonds. The van der Waals surface area contributed by atoms with E-state index in [9.17, 15) is 9.18 Å². The lowest BCUT2D eigenvalue weighted by Crippen LogP contribution is -2.26. The van der Waals surface area contributed by atoms with E-state index in [1.807, 2.05) is 72.8 Å². The van der Waals surface area contributed by atoms with Crippen LogP contribution in [0, 0.1) is 5.82 Å². The number of thioether (sulfide) groups is 1.